The summed E-state index contributed by atoms with van der Waals surface area (Å²) in [6.45, 7) is 7.84. The molecule has 15 heavy (non-hydrogen) atoms. The van der Waals surface area contributed by atoms with E-state index in [0.29, 0.717) is 6.42 Å². The largest absolute Gasteiger partial charge is 0.480 e. The minimum absolute atomic E-state index is 0.199. The molecular formula is C11H23NO2S. The molecule has 0 fully saturated rings. The van der Waals surface area contributed by atoms with Crippen LogP contribution < -0.4 is 5.32 Å². The molecule has 0 spiro atoms. The Balaban J connectivity index is 4.08. The zero-order chi connectivity index (χ0) is 11.9. The number of carbonyl (C=O) groups is 1. The molecule has 0 rings (SSSR count). The molecule has 0 aromatic carbocycles. The highest BCUT2D eigenvalue weighted by atomic mass is 32.2. The average molecular weight is 233 g/mol. The highest BCUT2D eigenvalue weighted by Crippen LogP contribution is 2.16. The van der Waals surface area contributed by atoms with Gasteiger partial charge in [-0.15, -0.1) is 0 Å². The monoisotopic (exact) mass is 233 g/mol. The molecule has 2 N–H and O–H groups in total. The normalized spacial score (nSPS) is 15.3. The summed E-state index contributed by atoms with van der Waals surface area (Å²) in [6.07, 6.45) is 1.63. The molecule has 4 heteroatoms. The number of carboxylic acids is 1. The standard InChI is InChI=1S/C11H23NO2S/c1-5-15-8-6-7-11(4,10(13)14)12-9(2)3/h9,12H,5-8H2,1-4H3,(H,13,14). The fourth-order valence-corrected chi connectivity index (χ4v) is 2.19. The molecule has 0 aromatic heterocycles. The van der Waals surface area contributed by atoms with Gasteiger partial charge in [0.25, 0.3) is 0 Å². The predicted molar refractivity (Wildman–Crippen MR) is 66.5 cm³/mol. The summed E-state index contributed by atoms with van der Waals surface area (Å²) < 4.78 is 0. The van der Waals surface area contributed by atoms with Gasteiger partial charge in [0.1, 0.15) is 5.54 Å². The quantitative estimate of drug-likeness (QED) is 0.632. The summed E-state index contributed by atoms with van der Waals surface area (Å²) in [5, 5.41) is 12.3. The van der Waals surface area contributed by atoms with Gasteiger partial charge in [-0.1, -0.05) is 6.92 Å². The van der Waals surface area contributed by atoms with Crippen molar-refractivity contribution in [2.45, 2.75) is 52.1 Å². The third-order valence-corrected chi connectivity index (χ3v) is 3.23. The Hall–Kier alpha value is -0.220. The molecule has 0 aromatic rings. The van der Waals surface area contributed by atoms with Gasteiger partial charge < -0.3 is 5.11 Å². The van der Waals surface area contributed by atoms with Crippen molar-refractivity contribution < 1.29 is 9.90 Å². The molecule has 0 saturated carbocycles. The number of rotatable bonds is 8. The second-order valence-electron chi connectivity index (χ2n) is 4.24. The Morgan fingerprint density at radius 3 is 2.53 bits per heavy atom. The first-order chi connectivity index (χ1) is 6.92. The highest BCUT2D eigenvalue weighted by Gasteiger charge is 2.32. The van der Waals surface area contributed by atoms with Gasteiger partial charge in [-0.05, 0) is 45.1 Å². The van der Waals surface area contributed by atoms with Crippen molar-refractivity contribution in [2.24, 2.45) is 0 Å². The van der Waals surface area contributed by atoms with Gasteiger partial charge in [-0.25, -0.2) is 0 Å². The maximum atomic E-state index is 11.2. The van der Waals surface area contributed by atoms with E-state index in [1.54, 1.807) is 6.92 Å². The lowest BCUT2D eigenvalue weighted by atomic mass is 9.95. The van der Waals surface area contributed by atoms with Gasteiger partial charge in [-0.3, -0.25) is 10.1 Å². The predicted octanol–water partition coefficient (Wildman–Crippen LogP) is 2.36. The van der Waals surface area contributed by atoms with Crippen molar-refractivity contribution in [1.82, 2.24) is 5.32 Å². The minimum atomic E-state index is -0.775. The van der Waals surface area contributed by atoms with E-state index in [-0.39, 0.29) is 6.04 Å². The molecule has 90 valence electrons. The lowest BCUT2D eigenvalue weighted by Gasteiger charge is -2.28. The summed E-state index contributed by atoms with van der Waals surface area (Å²) in [5.74, 6) is 1.39. The molecule has 3 nitrogen and oxygen atoms in total. The van der Waals surface area contributed by atoms with Crippen LogP contribution in [0.2, 0.25) is 0 Å². The maximum absolute atomic E-state index is 11.2. The van der Waals surface area contributed by atoms with Crippen LogP contribution in [0.1, 0.15) is 40.5 Å². The molecule has 0 aliphatic rings. The first-order valence-corrected chi connectivity index (χ1v) is 6.66. The van der Waals surface area contributed by atoms with Crippen molar-refractivity contribution in [3.63, 3.8) is 0 Å². The third kappa shape index (κ3) is 6.05. The number of nitrogens with one attached hydrogen (secondary N) is 1. The van der Waals surface area contributed by atoms with Gasteiger partial charge in [0.05, 0.1) is 0 Å². The minimum Gasteiger partial charge on any atom is -0.480 e. The van der Waals surface area contributed by atoms with E-state index in [1.807, 2.05) is 25.6 Å². The van der Waals surface area contributed by atoms with E-state index in [2.05, 4.69) is 12.2 Å². The van der Waals surface area contributed by atoms with E-state index in [1.165, 1.54) is 0 Å². The molecule has 0 bridgehead atoms. The van der Waals surface area contributed by atoms with Crippen LogP contribution in [-0.4, -0.2) is 34.2 Å². The SMILES string of the molecule is CCSCCCC(C)(NC(C)C)C(=O)O. The second-order valence-corrected chi connectivity index (χ2v) is 5.63. The topological polar surface area (TPSA) is 49.3 Å². The van der Waals surface area contributed by atoms with Crippen LogP contribution in [0.4, 0.5) is 0 Å². The number of hydrogen-bond donors (Lipinski definition) is 2. The zero-order valence-corrected chi connectivity index (χ0v) is 11.0. The highest BCUT2D eigenvalue weighted by molar-refractivity contribution is 7.99. The first kappa shape index (κ1) is 14.8. The third-order valence-electron chi connectivity index (χ3n) is 2.25. The number of aliphatic carboxylic acids is 1. The molecular weight excluding hydrogens is 210 g/mol. The van der Waals surface area contributed by atoms with Crippen LogP contribution in [0.25, 0.3) is 0 Å². The summed E-state index contributed by atoms with van der Waals surface area (Å²) in [7, 11) is 0. The second kappa shape index (κ2) is 7.12. The summed E-state index contributed by atoms with van der Waals surface area (Å²) in [4.78, 5) is 11.2. The van der Waals surface area contributed by atoms with Crippen LogP contribution in [0, 0.1) is 0 Å². The summed E-state index contributed by atoms with van der Waals surface area (Å²) in [5.41, 5.74) is -0.775. The molecule has 0 saturated heterocycles. The van der Waals surface area contributed by atoms with Crippen LogP contribution in [0.15, 0.2) is 0 Å². The summed E-state index contributed by atoms with van der Waals surface area (Å²) >= 11 is 1.86. The van der Waals surface area contributed by atoms with Crippen molar-refractivity contribution in [3.8, 4) is 0 Å². The van der Waals surface area contributed by atoms with Gasteiger partial charge in [0.2, 0.25) is 0 Å². The first-order valence-electron chi connectivity index (χ1n) is 5.51. The van der Waals surface area contributed by atoms with Crippen molar-refractivity contribution in [1.29, 1.82) is 0 Å². The van der Waals surface area contributed by atoms with E-state index in [0.717, 1.165) is 17.9 Å². The van der Waals surface area contributed by atoms with Gasteiger partial charge >= 0.3 is 5.97 Å². The molecule has 1 unspecified atom stereocenters. The van der Waals surface area contributed by atoms with E-state index < -0.39 is 11.5 Å². The Morgan fingerprint density at radius 2 is 2.13 bits per heavy atom. The number of thioether (sulfide) groups is 1. The van der Waals surface area contributed by atoms with Crippen molar-refractivity contribution in [3.05, 3.63) is 0 Å². The molecule has 0 amide bonds. The molecule has 0 heterocycles. The Morgan fingerprint density at radius 1 is 1.53 bits per heavy atom. The van der Waals surface area contributed by atoms with E-state index in [4.69, 9.17) is 5.11 Å². The van der Waals surface area contributed by atoms with E-state index in [9.17, 15) is 4.79 Å². The number of carboxylic acid groups (broad SMARTS) is 1. The molecule has 0 aliphatic carbocycles. The van der Waals surface area contributed by atoms with Crippen molar-refractivity contribution >= 4 is 17.7 Å². The van der Waals surface area contributed by atoms with Crippen LogP contribution >= 0.6 is 11.8 Å². The average Bonchev–Trinajstić information content (AvgIpc) is 2.11. The maximum Gasteiger partial charge on any atom is 0.323 e. The lowest BCUT2D eigenvalue weighted by Crippen LogP contribution is -2.52. The Bertz CT molecular complexity index is 197. The van der Waals surface area contributed by atoms with Gasteiger partial charge in [0.15, 0.2) is 0 Å². The fraction of sp³-hybridized carbons (Fsp3) is 0.909. The van der Waals surface area contributed by atoms with Gasteiger partial charge in [-0.2, -0.15) is 11.8 Å². The molecule has 1 atom stereocenters. The lowest BCUT2D eigenvalue weighted by molar-refractivity contribution is -0.144. The zero-order valence-electron chi connectivity index (χ0n) is 10.2. The van der Waals surface area contributed by atoms with Gasteiger partial charge in [0, 0.05) is 6.04 Å². The molecule has 0 radical (unpaired) electrons. The van der Waals surface area contributed by atoms with E-state index >= 15 is 0 Å². The summed E-state index contributed by atoms with van der Waals surface area (Å²) in [6, 6.07) is 0.199. The van der Waals surface area contributed by atoms with Crippen LogP contribution in [0.3, 0.4) is 0 Å². The van der Waals surface area contributed by atoms with Crippen LogP contribution in [-0.2, 0) is 4.79 Å². The fourth-order valence-electron chi connectivity index (χ4n) is 1.55. The Labute approximate surface area is 97.0 Å². The van der Waals surface area contributed by atoms with Crippen molar-refractivity contribution in [2.75, 3.05) is 11.5 Å². The Kier molecular flexibility index (Phi) is 7.02. The smallest absolute Gasteiger partial charge is 0.323 e. The van der Waals surface area contributed by atoms with Crippen LogP contribution in [0.5, 0.6) is 0 Å². The number of hydrogen-bond acceptors (Lipinski definition) is 3. The molecule has 0 aliphatic heterocycles.